The molecule has 0 spiro atoms. The van der Waals surface area contributed by atoms with Crippen LogP contribution < -0.4 is 10.0 Å². The number of nitrogens with zero attached hydrogens (tertiary/aromatic N) is 1. The molecule has 0 atom stereocenters. The van der Waals surface area contributed by atoms with E-state index in [2.05, 4.69) is 10.0 Å². The number of rotatable bonds is 5. The third kappa shape index (κ3) is 2.63. The van der Waals surface area contributed by atoms with E-state index in [1.54, 1.807) is 0 Å². The average Bonchev–Trinajstić information content (AvgIpc) is 1.99. The maximum atomic E-state index is 11.6. The van der Waals surface area contributed by atoms with Gasteiger partial charge in [0.1, 0.15) is 0 Å². The minimum atomic E-state index is -3.24. The van der Waals surface area contributed by atoms with Gasteiger partial charge in [0, 0.05) is 32.2 Å². The van der Waals surface area contributed by atoms with Crippen LogP contribution in [0, 0.1) is 0 Å². The first-order valence-electron chi connectivity index (χ1n) is 4.58. The van der Waals surface area contributed by atoms with Gasteiger partial charge in [-0.3, -0.25) is 0 Å². The largest absolute Gasteiger partial charge is 0.313 e. The molecule has 0 aromatic carbocycles. The molecule has 0 unspecified atom stereocenters. The van der Waals surface area contributed by atoms with Crippen molar-refractivity contribution in [2.24, 2.45) is 0 Å². The average molecular weight is 207 g/mol. The molecular weight excluding hydrogens is 190 g/mol. The van der Waals surface area contributed by atoms with E-state index in [4.69, 9.17) is 0 Å². The lowest BCUT2D eigenvalue weighted by Gasteiger charge is -2.30. The highest BCUT2D eigenvalue weighted by Gasteiger charge is 2.26. The van der Waals surface area contributed by atoms with Gasteiger partial charge in [0.05, 0.1) is 0 Å². The lowest BCUT2D eigenvalue weighted by atomic mass is 10.2. The first-order chi connectivity index (χ1) is 6.10. The molecule has 1 heterocycles. The molecule has 0 amide bonds. The van der Waals surface area contributed by atoms with E-state index >= 15 is 0 Å². The molecule has 0 aliphatic carbocycles. The van der Waals surface area contributed by atoms with Gasteiger partial charge in [-0.25, -0.2) is 0 Å². The Morgan fingerprint density at radius 2 is 1.92 bits per heavy atom. The van der Waals surface area contributed by atoms with Crippen molar-refractivity contribution in [3.8, 4) is 0 Å². The first-order valence-corrected chi connectivity index (χ1v) is 6.02. The predicted octanol–water partition coefficient (Wildman–Crippen LogP) is -0.866. The van der Waals surface area contributed by atoms with Crippen LogP contribution in [0.5, 0.6) is 0 Å². The fourth-order valence-electron chi connectivity index (χ4n) is 1.22. The summed E-state index contributed by atoms with van der Waals surface area (Å²) in [6, 6.07) is 0.0746. The van der Waals surface area contributed by atoms with Crippen LogP contribution >= 0.6 is 0 Å². The molecule has 1 saturated heterocycles. The molecule has 78 valence electrons. The topological polar surface area (TPSA) is 61.4 Å². The van der Waals surface area contributed by atoms with Crippen LogP contribution in [0.15, 0.2) is 0 Å². The first kappa shape index (κ1) is 10.9. The highest BCUT2D eigenvalue weighted by Crippen LogP contribution is 2.00. The highest BCUT2D eigenvalue weighted by molar-refractivity contribution is 7.87. The van der Waals surface area contributed by atoms with E-state index in [0.29, 0.717) is 13.1 Å². The summed E-state index contributed by atoms with van der Waals surface area (Å²) < 4.78 is 27.2. The second kappa shape index (κ2) is 4.36. The number of nitrogens with one attached hydrogen (secondary N) is 2. The van der Waals surface area contributed by atoms with Crippen molar-refractivity contribution in [2.75, 3.05) is 26.2 Å². The minimum absolute atomic E-state index is 0.0746. The van der Waals surface area contributed by atoms with Crippen LogP contribution in [-0.2, 0) is 10.2 Å². The van der Waals surface area contributed by atoms with Gasteiger partial charge in [0.2, 0.25) is 0 Å². The zero-order valence-corrected chi connectivity index (χ0v) is 8.89. The number of hydrogen-bond acceptors (Lipinski definition) is 3. The summed E-state index contributed by atoms with van der Waals surface area (Å²) in [7, 11) is -3.24. The fourth-order valence-corrected chi connectivity index (χ4v) is 2.64. The Bertz CT molecular complexity index is 244. The highest BCUT2D eigenvalue weighted by atomic mass is 32.2. The van der Waals surface area contributed by atoms with Gasteiger partial charge in [0.15, 0.2) is 0 Å². The van der Waals surface area contributed by atoms with E-state index < -0.39 is 10.2 Å². The zero-order valence-electron chi connectivity index (χ0n) is 8.08. The van der Waals surface area contributed by atoms with Gasteiger partial charge < -0.3 is 5.32 Å². The summed E-state index contributed by atoms with van der Waals surface area (Å²) in [5, 5.41) is 3.01. The third-order valence-corrected chi connectivity index (χ3v) is 3.97. The van der Waals surface area contributed by atoms with E-state index in [1.807, 2.05) is 13.8 Å². The predicted molar refractivity (Wildman–Crippen MR) is 51.6 cm³/mol. The lowest BCUT2D eigenvalue weighted by molar-refractivity contribution is 0.380. The number of hydrogen-bond donors (Lipinski definition) is 2. The quantitative estimate of drug-likeness (QED) is 0.616. The molecular formula is C7H17N3O2S. The summed E-state index contributed by atoms with van der Waals surface area (Å²) in [5.74, 6) is 0. The van der Waals surface area contributed by atoms with E-state index in [-0.39, 0.29) is 6.04 Å². The molecule has 0 radical (unpaired) electrons. The maximum absolute atomic E-state index is 11.6. The molecule has 13 heavy (non-hydrogen) atoms. The zero-order chi connectivity index (χ0) is 9.90. The van der Waals surface area contributed by atoms with E-state index in [0.717, 1.165) is 13.1 Å². The van der Waals surface area contributed by atoms with Crippen LogP contribution in [0.4, 0.5) is 0 Å². The summed E-state index contributed by atoms with van der Waals surface area (Å²) >= 11 is 0. The monoisotopic (exact) mass is 207 g/mol. The Balaban J connectivity index is 2.52. The SMILES string of the molecule is CCN(CC)S(=O)(=O)NC1CNC1. The fraction of sp³-hybridized carbons (Fsp3) is 1.00. The van der Waals surface area contributed by atoms with Crippen molar-refractivity contribution in [3.63, 3.8) is 0 Å². The molecule has 6 heteroatoms. The standard InChI is InChI=1S/C7H17N3O2S/c1-3-10(4-2)13(11,12)9-7-5-8-6-7/h7-9H,3-6H2,1-2H3. The Labute approximate surface area is 79.7 Å². The molecule has 0 saturated carbocycles. The van der Waals surface area contributed by atoms with Crippen molar-refractivity contribution in [3.05, 3.63) is 0 Å². The Morgan fingerprint density at radius 3 is 2.23 bits per heavy atom. The summed E-state index contributed by atoms with van der Waals surface area (Å²) in [6.07, 6.45) is 0. The second-order valence-electron chi connectivity index (χ2n) is 3.06. The van der Waals surface area contributed by atoms with Crippen LogP contribution in [0.3, 0.4) is 0 Å². The lowest BCUT2D eigenvalue weighted by Crippen LogP contribution is -2.59. The molecule has 1 rings (SSSR count). The molecule has 0 aromatic heterocycles. The van der Waals surface area contributed by atoms with Crippen LogP contribution in [0.1, 0.15) is 13.8 Å². The minimum Gasteiger partial charge on any atom is -0.313 e. The molecule has 1 aliphatic heterocycles. The summed E-state index contributed by atoms with van der Waals surface area (Å²) in [6.45, 7) is 6.18. The maximum Gasteiger partial charge on any atom is 0.279 e. The van der Waals surface area contributed by atoms with Crippen molar-refractivity contribution < 1.29 is 8.42 Å². The smallest absolute Gasteiger partial charge is 0.279 e. The summed E-state index contributed by atoms with van der Waals surface area (Å²) in [4.78, 5) is 0. The Hall–Kier alpha value is -0.170. The Morgan fingerprint density at radius 1 is 1.38 bits per heavy atom. The molecule has 1 fully saturated rings. The summed E-state index contributed by atoms with van der Waals surface area (Å²) in [5.41, 5.74) is 0. The normalized spacial score (nSPS) is 19.0. The van der Waals surface area contributed by atoms with Crippen LogP contribution in [0.25, 0.3) is 0 Å². The van der Waals surface area contributed by atoms with Crippen molar-refractivity contribution in [1.29, 1.82) is 0 Å². The van der Waals surface area contributed by atoms with Crippen LogP contribution in [0.2, 0.25) is 0 Å². The molecule has 0 aromatic rings. The van der Waals surface area contributed by atoms with Gasteiger partial charge in [-0.15, -0.1) is 0 Å². The molecule has 1 aliphatic rings. The van der Waals surface area contributed by atoms with E-state index in [1.165, 1.54) is 4.31 Å². The van der Waals surface area contributed by atoms with Crippen LogP contribution in [-0.4, -0.2) is 44.9 Å². The van der Waals surface area contributed by atoms with Gasteiger partial charge in [0.25, 0.3) is 10.2 Å². The van der Waals surface area contributed by atoms with Gasteiger partial charge >= 0.3 is 0 Å². The van der Waals surface area contributed by atoms with Gasteiger partial charge in [-0.1, -0.05) is 13.8 Å². The second-order valence-corrected chi connectivity index (χ2v) is 4.76. The molecule has 2 N–H and O–H groups in total. The van der Waals surface area contributed by atoms with Crippen molar-refractivity contribution in [1.82, 2.24) is 14.3 Å². The molecule has 0 bridgehead atoms. The van der Waals surface area contributed by atoms with E-state index in [9.17, 15) is 8.42 Å². The Kier molecular flexibility index (Phi) is 3.66. The van der Waals surface area contributed by atoms with Crippen molar-refractivity contribution in [2.45, 2.75) is 19.9 Å². The third-order valence-electron chi connectivity index (χ3n) is 2.14. The molecule has 5 nitrogen and oxygen atoms in total. The van der Waals surface area contributed by atoms with Gasteiger partial charge in [-0.2, -0.15) is 17.4 Å². The van der Waals surface area contributed by atoms with Gasteiger partial charge in [-0.05, 0) is 0 Å². The van der Waals surface area contributed by atoms with Crippen molar-refractivity contribution >= 4 is 10.2 Å².